The summed E-state index contributed by atoms with van der Waals surface area (Å²) in [5.41, 5.74) is 5.78. The highest BCUT2D eigenvalue weighted by molar-refractivity contribution is 5.80. The minimum absolute atomic E-state index is 0.0950. The van der Waals surface area contributed by atoms with E-state index in [1.807, 2.05) is 6.92 Å². The molecule has 20 heavy (non-hydrogen) atoms. The van der Waals surface area contributed by atoms with Crippen molar-refractivity contribution in [2.24, 2.45) is 5.41 Å². The second-order valence-electron chi connectivity index (χ2n) is 5.28. The number of rotatable bonds is 6. The van der Waals surface area contributed by atoms with E-state index in [1.165, 1.54) is 18.2 Å². The highest BCUT2D eigenvalue weighted by atomic mass is 19.3. The molecule has 3 N–H and O–H groups in total. The number of ether oxygens (including phenoxy) is 1. The second kappa shape index (κ2) is 6.07. The number of anilines is 1. The van der Waals surface area contributed by atoms with Gasteiger partial charge in [-0.1, -0.05) is 20.8 Å². The summed E-state index contributed by atoms with van der Waals surface area (Å²) in [6.45, 7) is 2.50. The van der Waals surface area contributed by atoms with Crippen LogP contribution in [0.25, 0.3) is 0 Å². The van der Waals surface area contributed by atoms with Crippen molar-refractivity contribution in [2.75, 3.05) is 5.73 Å². The van der Waals surface area contributed by atoms with Gasteiger partial charge in [-0.25, -0.2) is 0 Å². The molecule has 112 valence electrons. The number of nitrogen functional groups attached to an aromatic ring is 1. The first kappa shape index (κ1) is 16.2. The summed E-state index contributed by atoms with van der Waals surface area (Å²) in [6, 6.07) is 3.95. The number of carboxylic acid groups (broad SMARTS) is 1. The summed E-state index contributed by atoms with van der Waals surface area (Å²) in [6.07, 6.45) is 0.601. The standard InChI is InChI=1S/C14H19F2NO3/c1-4-14(2,3)11(12(18)19)9-7-8(20-13(15)16)5-6-10(9)17/h5-7,11,13H,4,17H2,1-3H3,(H,18,19). The minimum Gasteiger partial charge on any atom is -0.481 e. The summed E-state index contributed by atoms with van der Waals surface area (Å²) in [4.78, 5) is 11.5. The fourth-order valence-electron chi connectivity index (χ4n) is 2.07. The van der Waals surface area contributed by atoms with Gasteiger partial charge in [0.1, 0.15) is 5.75 Å². The molecule has 4 nitrogen and oxygen atoms in total. The number of hydrogen-bond donors (Lipinski definition) is 2. The predicted molar refractivity (Wildman–Crippen MR) is 71.9 cm³/mol. The van der Waals surface area contributed by atoms with Crippen LogP contribution in [-0.4, -0.2) is 17.7 Å². The monoisotopic (exact) mass is 287 g/mol. The molecule has 0 aromatic heterocycles. The van der Waals surface area contributed by atoms with Gasteiger partial charge in [-0.2, -0.15) is 8.78 Å². The van der Waals surface area contributed by atoms with E-state index < -0.39 is 23.9 Å². The van der Waals surface area contributed by atoms with Crippen molar-refractivity contribution in [1.82, 2.24) is 0 Å². The van der Waals surface area contributed by atoms with Gasteiger partial charge in [-0.05, 0) is 35.6 Å². The van der Waals surface area contributed by atoms with Crippen LogP contribution in [-0.2, 0) is 4.79 Å². The van der Waals surface area contributed by atoms with Crippen LogP contribution < -0.4 is 10.5 Å². The molecule has 0 amide bonds. The lowest BCUT2D eigenvalue weighted by molar-refractivity contribution is -0.141. The summed E-state index contributed by atoms with van der Waals surface area (Å²) < 4.78 is 28.8. The summed E-state index contributed by atoms with van der Waals surface area (Å²) in [7, 11) is 0. The Morgan fingerprint density at radius 1 is 1.45 bits per heavy atom. The van der Waals surface area contributed by atoms with Crippen molar-refractivity contribution < 1.29 is 23.4 Å². The van der Waals surface area contributed by atoms with Crippen LogP contribution in [0, 0.1) is 5.41 Å². The molecule has 0 saturated carbocycles. The zero-order valence-corrected chi connectivity index (χ0v) is 11.7. The van der Waals surface area contributed by atoms with E-state index in [2.05, 4.69) is 4.74 Å². The SMILES string of the molecule is CCC(C)(C)C(C(=O)O)c1cc(OC(F)F)ccc1N. The lowest BCUT2D eigenvalue weighted by Crippen LogP contribution is -2.29. The average Bonchev–Trinajstić information content (AvgIpc) is 2.32. The van der Waals surface area contributed by atoms with Gasteiger partial charge < -0.3 is 15.6 Å². The molecule has 0 bridgehead atoms. The van der Waals surface area contributed by atoms with Gasteiger partial charge >= 0.3 is 12.6 Å². The lowest BCUT2D eigenvalue weighted by atomic mass is 9.72. The van der Waals surface area contributed by atoms with E-state index in [0.29, 0.717) is 12.0 Å². The third-order valence-electron chi connectivity index (χ3n) is 3.53. The van der Waals surface area contributed by atoms with Crippen LogP contribution in [0.3, 0.4) is 0 Å². The molecule has 0 aliphatic rings. The summed E-state index contributed by atoms with van der Waals surface area (Å²) in [5, 5.41) is 9.45. The van der Waals surface area contributed by atoms with E-state index >= 15 is 0 Å². The van der Waals surface area contributed by atoms with Crippen molar-refractivity contribution in [3.63, 3.8) is 0 Å². The molecule has 0 aliphatic heterocycles. The molecule has 1 aromatic carbocycles. The van der Waals surface area contributed by atoms with Crippen molar-refractivity contribution in [3.05, 3.63) is 23.8 Å². The van der Waals surface area contributed by atoms with Crippen LogP contribution in [0.2, 0.25) is 0 Å². The van der Waals surface area contributed by atoms with Crippen LogP contribution in [0.4, 0.5) is 14.5 Å². The van der Waals surface area contributed by atoms with Gasteiger partial charge in [0.05, 0.1) is 5.92 Å². The Balaban J connectivity index is 3.29. The predicted octanol–water partition coefficient (Wildman–Crippen LogP) is 3.47. The Morgan fingerprint density at radius 3 is 2.50 bits per heavy atom. The molecule has 0 fully saturated rings. The van der Waals surface area contributed by atoms with Crippen molar-refractivity contribution in [3.8, 4) is 5.75 Å². The first-order valence-corrected chi connectivity index (χ1v) is 6.26. The molecule has 0 saturated heterocycles. The van der Waals surface area contributed by atoms with Gasteiger partial charge in [0.2, 0.25) is 0 Å². The summed E-state index contributed by atoms with van der Waals surface area (Å²) >= 11 is 0. The zero-order chi connectivity index (χ0) is 15.5. The van der Waals surface area contributed by atoms with Crippen molar-refractivity contribution in [2.45, 2.75) is 39.7 Å². The average molecular weight is 287 g/mol. The third kappa shape index (κ3) is 3.59. The minimum atomic E-state index is -2.96. The largest absolute Gasteiger partial charge is 0.481 e. The van der Waals surface area contributed by atoms with Gasteiger partial charge in [0.25, 0.3) is 0 Å². The van der Waals surface area contributed by atoms with Gasteiger partial charge in [0.15, 0.2) is 0 Å². The van der Waals surface area contributed by atoms with Crippen LogP contribution in [0.1, 0.15) is 38.7 Å². The number of carbonyl (C=O) groups is 1. The highest BCUT2D eigenvalue weighted by Crippen LogP contribution is 2.41. The molecule has 6 heteroatoms. The Bertz CT molecular complexity index is 489. The van der Waals surface area contributed by atoms with E-state index in [9.17, 15) is 18.7 Å². The number of halogens is 2. The van der Waals surface area contributed by atoms with Crippen molar-refractivity contribution >= 4 is 11.7 Å². The maximum atomic E-state index is 12.2. The molecule has 1 unspecified atom stereocenters. The first-order valence-electron chi connectivity index (χ1n) is 6.26. The Kier molecular flexibility index (Phi) is 4.92. The number of aliphatic carboxylic acids is 1. The number of nitrogens with two attached hydrogens (primary N) is 1. The van der Waals surface area contributed by atoms with Crippen molar-refractivity contribution in [1.29, 1.82) is 0 Å². The second-order valence-corrected chi connectivity index (χ2v) is 5.28. The van der Waals surface area contributed by atoms with Gasteiger partial charge in [-0.15, -0.1) is 0 Å². The fraction of sp³-hybridized carbons (Fsp3) is 0.500. The number of hydrogen-bond acceptors (Lipinski definition) is 3. The van der Waals surface area contributed by atoms with Crippen LogP contribution in [0.15, 0.2) is 18.2 Å². The lowest BCUT2D eigenvalue weighted by Gasteiger charge is -2.31. The van der Waals surface area contributed by atoms with E-state index in [1.54, 1.807) is 13.8 Å². The number of alkyl halides is 2. The number of benzene rings is 1. The van der Waals surface area contributed by atoms with Crippen LogP contribution in [0.5, 0.6) is 5.75 Å². The molecular formula is C14H19F2NO3. The number of carboxylic acids is 1. The molecule has 1 aromatic rings. The van der Waals surface area contributed by atoms with E-state index in [0.717, 1.165) is 0 Å². The molecule has 1 rings (SSSR count). The molecule has 0 heterocycles. The highest BCUT2D eigenvalue weighted by Gasteiger charge is 2.36. The Morgan fingerprint density at radius 2 is 2.05 bits per heavy atom. The Hall–Kier alpha value is -1.85. The molecule has 1 atom stereocenters. The smallest absolute Gasteiger partial charge is 0.387 e. The topological polar surface area (TPSA) is 72.5 Å². The summed E-state index contributed by atoms with van der Waals surface area (Å²) in [5.74, 6) is -2.03. The zero-order valence-electron chi connectivity index (χ0n) is 11.7. The maximum Gasteiger partial charge on any atom is 0.387 e. The first-order chi connectivity index (χ1) is 9.19. The van der Waals surface area contributed by atoms with Crippen LogP contribution >= 0.6 is 0 Å². The van der Waals surface area contributed by atoms with E-state index in [-0.39, 0.29) is 11.4 Å². The normalized spacial score (nSPS) is 13.3. The third-order valence-corrected chi connectivity index (χ3v) is 3.53. The quantitative estimate of drug-likeness (QED) is 0.786. The Labute approximate surface area is 116 Å². The van der Waals surface area contributed by atoms with E-state index in [4.69, 9.17) is 5.73 Å². The fourth-order valence-corrected chi connectivity index (χ4v) is 2.07. The van der Waals surface area contributed by atoms with Gasteiger partial charge in [0, 0.05) is 5.69 Å². The molecule has 0 spiro atoms. The molecule has 0 aliphatic carbocycles. The molecule has 0 radical (unpaired) electrons. The maximum absolute atomic E-state index is 12.2. The molecular weight excluding hydrogens is 268 g/mol. The van der Waals surface area contributed by atoms with Gasteiger partial charge in [-0.3, -0.25) is 4.79 Å².